The molecule has 0 radical (unpaired) electrons. The third-order valence-electron chi connectivity index (χ3n) is 3.28. The van der Waals surface area contributed by atoms with Gasteiger partial charge in [0.05, 0.1) is 18.8 Å². The molecule has 3 N–H and O–H groups in total. The van der Waals surface area contributed by atoms with E-state index in [0.717, 1.165) is 30.8 Å². The van der Waals surface area contributed by atoms with E-state index in [0.29, 0.717) is 4.99 Å². The summed E-state index contributed by atoms with van der Waals surface area (Å²) in [6, 6.07) is 7.93. The Labute approximate surface area is 119 Å². The Kier molecular flexibility index (Phi) is 4.87. The Morgan fingerprint density at radius 3 is 2.89 bits per heavy atom. The van der Waals surface area contributed by atoms with Gasteiger partial charge < -0.3 is 15.6 Å². The quantitative estimate of drug-likeness (QED) is 0.803. The number of hydrogen-bond acceptors (Lipinski definition) is 4. The molecule has 1 fully saturated rings. The minimum Gasteiger partial charge on any atom is -0.394 e. The molecule has 2 rings (SSSR count). The molecular formula is C14H20N2O2S. The molecule has 1 aliphatic rings. The highest BCUT2D eigenvalue weighted by Gasteiger charge is 2.25. The Morgan fingerprint density at radius 1 is 1.47 bits per heavy atom. The minimum absolute atomic E-state index is 0.0534. The second kappa shape index (κ2) is 6.43. The summed E-state index contributed by atoms with van der Waals surface area (Å²) in [5, 5.41) is 9.24. The fraction of sp³-hybridized carbons (Fsp3) is 0.500. The molecule has 5 heteroatoms. The smallest absolute Gasteiger partial charge is 0.104 e. The van der Waals surface area contributed by atoms with E-state index >= 15 is 0 Å². The molecule has 1 aromatic carbocycles. The SMILES string of the molecule is CC1CN(Cc2ccccc2C(N)=S)CC(CO)O1. The molecule has 0 aliphatic carbocycles. The largest absolute Gasteiger partial charge is 0.394 e. The fourth-order valence-corrected chi connectivity index (χ4v) is 2.71. The highest BCUT2D eigenvalue weighted by molar-refractivity contribution is 7.80. The third kappa shape index (κ3) is 3.73. The van der Waals surface area contributed by atoms with Gasteiger partial charge in [0.1, 0.15) is 4.99 Å². The van der Waals surface area contributed by atoms with E-state index in [1.54, 1.807) is 0 Å². The van der Waals surface area contributed by atoms with E-state index in [1.165, 1.54) is 0 Å². The van der Waals surface area contributed by atoms with Crippen LogP contribution in [0.15, 0.2) is 24.3 Å². The maximum absolute atomic E-state index is 9.24. The van der Waals surface area contributed by atoms with Gasteiger partial charge in [-0.15, -0.1) is 0 Å². The van der Waals surface area contributed by atoms with Crippen LogP contribution in [0.2, 0.25) is 0 Å². The van der Waals surface area contributed by atoms with E-state index in [2.05, 4.69) is 4.90 Å². The lowest BCUT2D eigenvalue weighted by Crippen LogP contribution is -2.47. The summed E-state index contributed by atoms with van der Waals surface area (Å²) in [5.74, 6) is 0. The highest BCUT2D eigenvalue weighted by atomic mass is 32.1. The van der Waals surface area contributed by atoms with E-state index in [1.807, 2.05) is 31.2 Å². The summed E-state index contributed by atoms with van der Waals surface area (Å²) < 4.78 is 5.64. The van der Waals surface area contributed by atoms with Crippen molar-refractivity contribution in [1.29, 1.82) is 0 Å². The number of nitrogens with two attached hydrogens (primary N) is 1. The summed E-state index contributed by atoms with van der Waals surface area (Å²) >= 11 is 5.08. The number of hydrogen-bond donors (Lipinski definition) is 2. The molecule has 1 saturated heterocycles. The van der Waals surface area contributed by atoms with Crippen LogP contribution in [0.4, 0.5) is 0 Å². The zero-order valence-electron chi connectivity index (χ0n) is 11.1. The zero-order valence-corrected chi connectivity index (χ0v) is 11.9. The molecule has 1 aromatic rings. The Bertz CT molecular complexity index is 453. The maximum Gasteiger partial charge on any atom is 0.104 e. The molecule has 1 aliphatic heterocycles. The number of rotatable bonds is 4. The van der Waals surface area contributed by atoms with Crippen molar-refractivity contribution in [2.24, 2.45) is 5.73 Å². The van der Waals surface area contributed by atoms with Gasteiger partial charge in [-0.3, -0.25) is 4.90 Å². The van der Waals surface area contributed by atoms with Crippen molar-refractivity contribution in [2.75, 3.05) is 19.7 Å². The van der Waals surface area contributed by atoms with Crippen LogP contribution < -0.4 is 5.73 Å². The Balaban J connectivity index is 2.10. The Morgan fingerprint density at radius 2 is 2.21 bits per heavy atom. The zero-order chi connectivity index (χ0) is 13.8. The van der Waals surface area contributed by atoms with Crippen molar-refractivity contribution in [1.82, 2.24) is 4.90 Å². The third-order valence-corrected chi connectivity index (χ3v) is 3.50. The molecule has 1 heterocycles. The lowest BCUT2D eigenvalue weighted by molar-refractivity contribution is -0.0972. The summed E-state index contributed by atoms with van der Waals surface area (Å²) in [6.45, 7) is 4.43. The lowest BCUT2D eigenvalue weighted by atomic mass is 10.1. The predicted octanol–water partition coefficient (Wildman–Crippen LogP) is 0.902. The first-order chi connectivity index (χ1) is 9.10. The van der Waals surface area contributed by atoms with Crippen LogP contribution in [0.3, 0.4) is 0 Å². The maximum atomic E-state index is 9.24. The molecule has 0 amide bonds. The molecule has 19 heavy (non-hydrogen) atoms. The van der Waals surface area contributed by atoms with Crippen LogP contribution in [-0.4, -0.2) is 46.9 Å². The highest BCUT2D eigenvalue weighted by Crippen LogP contribution is 2.17. The summed E-state index contributed by atoms with van der Waals surface area (Å²) in [6.07, 6.45) is 0.0173. The second-order valence-corrected chi connectivity index (χ2v) is 5.41. The second-order valence-electron chi connectivity index (χ2n) is 4.97. The molecule has 0 saturated carbocycles. The van der Waals surface area contributed by atoms with Crippen LogP contribution in [0, 0.1) is 0 Å². The Hall–Kier alpha value is -1.01. The number of morpholine rings is 1. The van der Waals surface area contributed by atoms with Crippen LogP contribution >= 0.6 is 12.2 Å². The van der Waals surface area contributed by atoms with Gasteiger partial charge in [0.15, 0.2) is 0 Å². The standard InChI is InChI=1S/C14H20N2O2S/c1-10-6-16(8-12(9-17)18-10)7-11-4-2-3-5-13(11)14(15)19/h2-5,10,12,17H,6-9H2,1H3,(H2,15,19). The number of ether oxygens (including phenoxy) is 1. The first-order valence-electron chi connectivity index (χ1n) is 6.46. The number of aliphatic hydroxyl groups excluding tert-OH is 1. The van der Waals surface area contributed by atoms with Crippen LogP contribution in [0.25, 0.3) is 0 Å². The van der Waals surface area contributed by atoms with E-state index in [-0.39, 0.29) is 18.8 Å². The lowest BCUT2D eigenvalue weighted by Gasteiger charge is -2.36. The summed E-state index contributed by atoms with van der Waals surface area (Å²) in [4.78, 5) is 2.70. The van der Waals surface area contributed by atoms with Gasteiger partial charge in [0.25, 0.3) is 0 Å². The average molecular weight is 280 g/mol. The number of nitrogens with zero attached hydrogens (tertiary/aromatic N) is 1. The van der Waals surface area contributed by atoms with E-state index < -0.39 is 0 Å². The average Bonchev–Trinajstić information content (AvgIpc) is 2.38. The molecule has 0 bridgehead atoms. The number of aliphatic hydroxyl groups is 1. The van der Waals surface area contributed by atoms with Gasteiger partial charge in [0, 0.05) is 25.2 Å². The topological polar surface area (TPSA) is 58.7 Å². The van der Waals surface area contributed by atoms with Gasteiger partial charge >= 0.3 is 0 Å². The van der Waals surface area contributed by atoms with Crippen molar-refractivity contribution in [2.45, 2.75) is 25.7 Å². The van der Waals surface area contributed by atoms with Crippen LogP contribution in [-0.2, 0) is 11.3 Å². The molecule has 2 atom stereocenters. The van der Waals surface area contributed by atoms with Crippen LogP contribution in [0.1, 0.15) is 18.1 Å². The van der Waals surface area contributed by atoms with E-state index in [9.17, 15) is 5.11 Å². The molecule has 2 unspecified atom stereocenters. The van der Waals surface area contributed by atoms with Gasteiger partial charge in [-0.25, -0.2) is 0 Å². The normalized spacial score (nSPS) is 24.3. The minimum atomic E-state index is -0.110. The fourth-order valence-electron chi connectivity index (χ4n) is 2.51. The van der Waals surface area contributed by atoms with Crippen molar-refractivity contribution < 1.29 is 9.84 Å². The summed E-state index contributed by atoms with van der Waals surface area (Å²) in [7, 11) is 0. The molecule has 104 valence electrons. The van der Waals surface area contributed by atoms with Gasteiger partial charge in [-0.05, 0) is 12.5 Å². The molecule has 0 spiro atoms. The molecule has 4 nitrogen and oxygen atoms in total. The van der Waals surface area contributed by atoms with Crippen molar-refractivity contribution >= 4 is 17.2 Å². The van der Waals surface area contributed by atoms with Gasteiger partial charge in [-0.2, -0.15) is 0 Å². The summed E-state index contributed by atoms with van der Waals surface area (Å²) in [5.41, 5.74) is 7.80. The van der Waals surface area contributed by atoms with Crippen molar-refractivity contribution in [3.63, 3.8) is 0 Å². The van der Waals surface area contributed by atoms with Crippen LogP contribution in [0.5, 0.6) is 0 Å². The number of thiocarbonyl (C=S) groups is 1. The first-order valence-corrected chi connectivity index (χ1v) is 6.87. The first kappa shape index (κ1) is 14.4. The van der Waals surface area contributed by atoms with E-state index in [4.69, 9.17) is 22.7 Å². The monoisotopic (exact) mass is 280 g/mol. The number of benzene rings is 1. The van der Waals surface area contributed by atoms with Gasteiger partial charge in [-0.1, -0.05) is 36.5 Å². The predicted molar refractivity (Wildman–Crippen MR) is 79.0 cm³/mol. The van der Waals surface area contributed by atoms with Gasteiger partial charge in [0.2, 0.25) is 0 Å². The molecular weight excluding hydrogens is 260 g/mol. The molecule has 0 aromatic heterocycles. The van der Waals surface area contributed by atoms with Crippen molar-refractivity contribution in [3.05, 3.63) is 35.4 Å². The van der Waals surface area contributed by atoms with Crippen molar-refractivity contribution in [3.8, 4) is 0 Å².